The zero-order chi connectivity index (χ0) is 10.7. The van der Waals surface area contributed by atoms with Crippen LogP contribution < -0.4 is 5.32 Å². The van der Waals surface area contributed by atoms with Crippen molar-refractivity contribution in [2.45, 2.75) is 39.5 Å². The van der Waals surface area contributed by atoms with Crippen molar-refractivity contribution in [1.82, 2.24) is 15.5 Å². The fourth-order valence-corrected chi connectivity index (χ4v) is 2.39. The summed E-state index contributed by atoms with van der Waals surface area (Å²) in [7, 11) is 0. The smallest absolute Gasteiger partial charge is 0.0651 e. The fourth-order valence-electron chi connectivity index (χ4n) is 2.39. The summed E-state index contributed by atoms with van der Waals surface area (Å²) in [5, 5.41) is 11.0. The van der Waals surface area contributed by atoms with Crippen LogP contribution in [0, 0.1) is 12.8 Å². The molecular weight excluding hydrogens is 186 g/mol. The molecule has 1 aromatic rings. The van der Waals surface area contributed by atoms with Crippen LogP contribution in [0.25, 0.3) is 0 Å². The van der Waals surface area contributed by atoms with Crippen LogP contribution in [-0.2, 0) is 12.8 Å². The first-order chi connectivity index (χ1) is 7.31. The Hall–Kier alpha value is -0.830. The highest BCUT2D eigenvalue weighted by molar-refractivity contribution is 5.23. The second-order valence-electron chi connectivity index (χ2n) is 4.52. The molecule has 3 nitrogen and oxygen atoms in total. The number of piperidine rings is 1. The molecule has 1 aliphatic heterocycles. The summed E-state index contributed by atoms with van der Waals surface area (Å²) in [5.74, 6) is 0.843. The maximum absolute atomic E-state index is 4.36. The molecule has 1 fully saturated rings. The molecule has 2 rings (SSSR count). The van der Waals surface area contributed by atoms with E-state index in [1.807, 2.05) is 0 Å². The van der Waals surface area contributed by atoms with Gasteiger partial charge in [0.1, 0.15) is 0 Å². The van der Waals surface area contributed by atoms with Crippen molar-refractivity contribution in [2.75, 3.05) is 13.1 Å². The molecule has 1 aromatic heterocycles. The number of hydrogen-bond acceptors (Lipinski definition) is 2. The van der Waals surface area contributed by atoms with E-state index in [0.29, 0.717) is 0 Å². The van der Waals surface area contributed by atoms with Crippen molar-refractivity contribution in [1.29, 1.82) is 0 Å². The highest BCUT2D eigenvalue weighted by atomic mass is 15.1. The summed E-state index contributed by atoms with van der Waals surface area (Å²) in [6.07, 6.45) is 4.83. The topological polar surface area (TPSA) is 40.7 Å². The van der Waals surface area contributed by atoms with Crippen molar-refractivity contribution in [3.8, 4) is 0 Å². The van der Waals surface area contributed by atoms with Crippen molar-refractivity contribution < 1.29 is 0 Å². The van der Waals surface area contributed by atoms with E-state index < -0.39 is 0 Å². The first-order valence-corrected chi connectivity index (χ1v) is 6.04. The van der Waals surface area contributed by atoms with Gasteiger partial charge in [-0.25, -0.2) is 0 Å². The largest absolute Gasteiger partial charge is 0.317 e. The molecule has 3 heteroatoms. The van der Waals surface area contributed by atoms with E-state index in [1.54, 1.807) is 0 Å². The summed E-state index contributed by atoms with van der Waals surface area (Å²) >= 11 is 0. The van der Waals surface area contributed by atoms with E-state index in [-0.39, 0.29) is 0 Å². The molecule has 0 radical (unpaired) electrons. The molecule has 0 saturated carbocycles. The van der Waals surface area contributed by atoms with Gasteiger partial charge in [0.25, 0.3) is 0 Å². The summed E-state index contributed by atoms with van der Waals surface area (Å²) in [6.45, 7) is 6.72. The van der Waals surface area contributed by atoms with Crippen LogP contribution in [0.15, 0.2) is 0 Å². The number of rotatable bonds is 3. The van der Waals surface area contributed by atoms with Gasteiger partial charge in [0, 0.05) is 5.69 Å². The Kier molecular flexibility index (Phi) is 3.41. The van der Waals surface area contributed by atoms with Crippen LogP contribution in [0.2, 0.25) is 0 Å². The van der Waals surface area contributed by atoms with Gasteiger partial charge in [-0.2, -0.15) is 5.10 Å². The summed E-state index contributed by atoms with van der Waals surface area (Å²) in [4.78, 5) is 0. The minimum absolute atomic E-state index is 0.843. The lowest BCUT2D eigenvalue weighted by Crippen LogP contribution is -2.28. The zero-order valence-electron chi connectivity index (χ0n) is 9.77. The number of aryl methyl sites for hydroxylation is 1. The molecule has 0 unspecified atom stereocenters. The molecule has 15 heavy (non-hydrogen) atoms. The molecule has 2 N–H and O–H groups in total. The van der Waals surface area contributed by atoms with Crippen LogP contribution >= 0.6 is 0 Å². The quantitative estimate of drug-likeness (QED) is 0.794. The molecule has 0 bridgehead atoms. The summed E-state index contributed by atoms with van der Waals surface area (Å²) in [5.41, 5.74) is 3.98. The van der Waals surface area contributed by atoms with Gasteiger partial charge in [0.15, 0.2) is 0 Å². The van der Waals surface area contributed by atoms with Crippen LogP contribution in [0.3, 0.4) is 0 Å². The van der Waals surface area contributed by atoms with Crippen molar-refractivity contribution in [2.24, 2.45) is 5.92 Å². The lowest BCUT2D eigenvalue weighted by atomic mass is 9.92. The molecule has 1 saturated heterocycles. The van der Waals surface area contributed by atoms with E-state index in [2.05, 4.69) is 29.4 Å². The molecule has 1 aliphatic rings. The first-order valence-electron chi connectivity index (χ1n) is 6.04. The van der Waals surface area contributed by atoms with Crippen molar-refractivity contribution in [3.05, 3.63) is 17.0 Å². The molecule has 0 amide bonds. The van der Waals surface area contributed by atoms with Gasteiger partial charge in [-0.3, -0.25) is 5.10 Å². The lowest BCUT2D eigenvalue weighted by molar-refractivity contribution is 0.369. The minimum atomic E-state index is 0.843. The zero-order valence-corrected chi connectivity index (χ0v) is 9.77. The highest BCUT2D eigenvalue weighted by Crippen LogP contribution is 2.20. The van der Waals surface area contributed by atoms with Crippen LogP contribution in [0.4, 0.5) is 0 Å². The van der Waals surface area contributed by atoms with Gasteiger partial charge in [-0.15, -0.1) is 0 Å². The van der Waals surface area contributed by atoms with Gasteiger partial charge >= 0.3 is 0 Å². The van der Waals surface area contributed by atoms with Gasteiger partial charge < -0.3 is 5.32 Å². The lowest BCUT2D eigenvalue weighted by Gasteiger charge is -2.22. The van der Waals surface area contributed by atoms with E-state index in [1.165, 1.54) is 49.3 Å². The number of aromatic nitrogens is 2. The monoisotopic (exact) mass is 207 g/mol. The third-order valence-corrected chi connectivity index (χ3v) is 3.50. The Labute approximate surface area is 91.7 Å². The summed E-state index contributed by atoms with van der Waals surface area (Å²) in [6, 6.07) is 0. The number of nitrogens with zero attached hydrogens (tertiary/aromatic N) is 1. The Balaban J connectivity index is 2.00. The fraction of sp³-hybridized carbons (Fsp3) is 0.750. The van der Waals surface area contributed by atoms with Gasteiger partial charge in [-0.1, -0.05) is 6.92 Å². The third kappa shape index (κ3) is 2.40. The van der Waals surface area contributed by atoms with Crippen molar-refractivity contribution >= 4 is 0 Å². The Morgan fingerprint density at radius 2 is 2.07 bits per heavy atom. The van der Waals surface area contributed by atoms with E-state index in [9.17, 15) is 0 Å². The minimum Gasteiger partial charge on any atom is -0.317 e. The molecule has 2 heterocycles. The van der Waals surface area contributed by atoms with Gasteiger partial charge in [0.2, 0.25) is 0 Å². The molecule has 84 valence electrons. The average molecular weight is 207 g/mol. The predicted octanol–water partition coefficient (Wildman–Crippen LogP) is 1.82. The maximum Gasteiger partial charge on any atom is 0.0651 e. The average Bonchev–Trinajstić information content (AvgIpc) is 2.62. The second-order valence-corrected chi connectivity index (χ2v) is 4.52. The number of nitrogens with one attached hydrogen (secondary N) is 2. The molecule has 0 aliphatic carbocycles. The van der Waals surface area contributed by atoms with Crippen LogP contribution in [-0.4, -0.2) is 23.3 Å². The van der Waals surface area contributed by atoms with E-state index in [4.69, 9.17) is 0 Å². The number of aromatic amines is 1. The Morgan fingerprint density at radius 1 is 1.33 bits per heavy atom. The van der Waals surface area contributed by atoms with Gasteiger partial charge in [0.05, 0.1) is 5.69 Å². The molecular formula is C12H21N3. The molecule has 0 aromatic carbocycles. The predicted molar refractivity (Wildman–Crippen MR) is 62.0 cm³/mol. The number of hydrogen-bond donors (Lipinski definition) is 2. The standard InChI is InChI=1S/C12H21N3/c1-3-11-9(2)12(15-14-11)8-10-4-6-13-7-5-10/h10,13H,3-8H2,1-2H3,(H,14,15). The van der Waals surface area contributed by atoms with Crippen LogP contribution in [0.1, 0.15) is 36.7 Å². The van der Waals surface area contributed by atoms with E-state index in [0.717, 1.165) is 12.3 Å². The first kappa shape index (κ1) is 10.7. The second kappa shape index (κ2) is 4.79. The number of H-pyrrole nitrogens is 1. The normalized spacial score (nSPS) is 18.3. The highest BCUT2D eigenvalue weighted by Gasteiger charge is 2.16. The Morgan fingerprint density at radius 3 is 2.67 bits per heavy atom. The van der Waals surface area contributed by atoms with E-state index >= 15 is 0 Å². The SMILES string of the molecule is CCc1n[nH]c(CC2CCNCC2)c1C. The summed E-state index contributed by atoms with van der Waals surface area (Å²) < 4.78 is 0. The van der Waals surface area contributed by atoms with Crippen molar-refractivity contribution in [3.63, 3.8) is 0 Å². The molecule has 0 atom stereocenters. The van der Waals surface area contributed by atoms with Gasteiger partial charge in [-0.05, 0) is 57.2 Å². The maximum atomic E-state index is 4.36. The van der Waals surface area contributed by atoms with Crippen LogP contribution in [0.5, 0.6) is 0 Å². The third-order valence-electron chi connectivity index (χ3n) is 3.50. The molecule has 0 spiro atoms. The Bertz CT molecular complexity index is 311.